The number of carbonyl (C=O) groups is 1. The molecule has 0 aromatic heterocycles. The molecule has 0 unspecified atom stereocenters. The van der Waals surface area contributed by atoms with Crippen molar-refractivity contribution in [2.24, 2.45) is 10.1 Å². The molecule has 0 saturated carbocycles. The van der Waals surface area contributed by atoms with E-state index in [1.54, 1.807) is 6.07 Å². The van der Waals surface area contributed by atoms with E-state index >= 15 is 0 Å². The van der Waals surface area contributed by atoms with Crippen LogP contribution in [0.4, 0.5) is 5.69 Å². The Morgan fingerprint density at radius 1 is 1.27 bits per heavy atom. The molecule has 2 aliphatic heterocycles. The molecule has 0 spiro atoms. The standard InChI is InChI=1S/C20H15N5O4S/c1-12-4-2-7-15(8-12)29-11-17-23-24-18(21)16(19(26)22-20(24)30-17)10-13-5-3-6-14(9-13)25(27)28/h2-10,21H,11H2,1H3. The Balaban J connectivity index is 1.54. The molecule has 2 heterocycles. The number of ether oxygens (including phenoxy) is 1. The van der Waals surface area contributed by atoms with Crippen LogP contribution < -0.4 is 4.74 Å². The molecule has 0 saturated heterocycles. The second-order valence-corrected chi connectivity index (χ2v) is 7.51. The molecule has 0 radical (unpaired) electrons. The summed E-state index contributed by atoms with van der Waals surface area (Å²) >= 11 is 1.16. The number of non-ortho nitro benzene ring substituents is 1. The molecule has 0 atom stereocenters. The molecule has 9 nitrogen and oxygen atoms in total. The monoisotopic (exact) mass is 421 g/mol. The van der Waals surface area contributed by atoms with E-state index in [0.717, 1.165) is 17.3 Å². The maximum Gasteiger partial charge on any atom is 0.283 e. The second-order valence-electron chi connectivity index (χ2n) is 6.47. The number of nitrogens with zero attached hydrogens (tertiary/aromatic N) is 4. The van der Waals surface area contributed by atoms with Crippen molar-refractivity contribution in [3.8, 4) is 5.75 Å². The van der Waals surface area contributed by atoms with Crippen LogP contribution in [0, 0.1) is 22.4 Å². The Kier molecular flexibility index (Phi) is 5.15. The topological polar surface area (TPSA) is 121 Å². The first kappa shape index (κ1) is 19.5. The van der Waals surface area contributed by atoms with Gasteiger partial charge in [0.2, 0.25) is 5.17 Å². The molecule has 2 aliphatic rings. The van der Waals surface area contributed by atoms with Gasteiger partial charge in [0.25, 0.3) is 11.6 Å². The van der Waals surface area contributed by atoms with E-state index in [0.29, 0.717) is 16.4 Å². The minimum Gasteiger partial charge on any atom is -0.487 e. The molecule has 4 rings (SSSR count). The summed E-state index contributed by atoms with van der Waals surface area (Å²) in [6.07, 6.45) is 1.40. The maximum atomic E-state index is 12.4. The zero-order chi connectivity index (χ0) is 21.3. The second kappa shape index (κ2) is 7.91. The summed E-state index contributed by atoms with van der Waals surface area (Å²) in [4.78, 5) is 26.9. The first-order chi connectivity index (χ1) is 14.4. The molecular formula is C20H15N5O4S. The molecule has 0 aliphatic carbocycles. The lowest BCUT2D eigenvalue weighted by molar-refractivity contribution is -0.384. The number of benzene rings is 2. The summed E-state index contributed by atoms with van der Waals surface area (Å²) < 4.78 is 5.73. The summed E-state index contributed by atoms with van der Waals surface area (Å²) in [6, 6.07) is 13.4. The van der Waals surface area contributed by atoms with Gasteiger partial charge in [-0.05, 0) is 48.0 Å². The number of amides is 1. The van der Waals surface area contributed by atoms with Crippen LogP contribution in [0.2, 0.25) is 0 Å². The van der Waals surface area contributed by atoms with Gasteiger partial charge in [0.15, 0.2) is 5.84 Å². The van der Waals surface area contributed by atoms with Crippen LogP contribution in [0.1, 0.15) is 11.1 Å². The molecule has 1 amide bonds. The molecular weight excluding hydrogens is 406 g/mol. The Hall–Kier alpha value is -3.79. The predicted octanol–water partition coefficient (Wildman–Crippen LogP) is 3.60. The van der Waals surface area contributed by atoms with E-state index < -0.39 is 10.8 Å². The van der Waals surface area contributed by atoms with E-state index in [4.69, 9.17) is 10.1 Å². The molecule has 0 fully saturated rings. The van der Waals surface area contributed by atoms with Crippen molar-refractivity contribution in [1.29, 1.82) is 5.41 Å². The summed E-state index contributed by atoms with van der Waals surface area (Å²) in [5.41, 5.74) is 1.39. The molecule has 150 valence electrons. The lowest BCUT2D eigenvalue weighted by Crippen LogP contribution is -2.35. The Labute approximate surface area is 175 Å². The molecule has 0 bridgehead atoms. The SMILES string of the molecule is Cc1cccc(OCC2=NN3C(=N)C(=Cc4cccc([N+](=O)[O-])c4)C(=O)N=C3S2)c1. The number of aryl methyl sites for hydroxylation is 1. The van der Waals surface area contributed by atoms with Gasteiger partial charge in [0, 0.05) is 12.1 Å². The third kappa shape index (κ3) is 3.98. The minimum atomic E-state index is -0.596. The number of nitro groups is 1. The number of aliphatic imine (C=N–C) groups is 1. The number of rotatable bonds is 5. The van der Waals surface area contributed by atoms with E-state index in [-0.39, 0.29) is 28.9 Å². The zero-order valence-corrected chi connectivity index (χ0v) is 16.5. The number of hydrogen-bond acceptors (Lipinski definition) is 7. The van der Waals surface area contributed by atoms with Gasteiger partial charge in [0.05, 0.1) is 10.5 Å². The van der Waals surface area contributed by atoms with Crippen molar-refractivity contribution in [1.82, 2.24) is 5.01 Å². The van der Waals surface area contributed by atoms with Crippen LogP contribution in [-0.4, -0.2) is 38.5 Å². The Morgan fingerprint density at radius 3 is 2.83 bits per heavy atom. The molecule has 1 N–H and O–H groups in total. The van der Waals surface area contributed by atoms with Gasteiger partial charge >= 0.3 is 0 Å². The maximum absolute atomic E-state index is 12.4. The van der Waals surface area contributed by atoms with Crippen molar-refractivity contribution >= 4 is 45.5 Å². The van der Waals surface area contributed by atoms with E-state index in [9.17, 15) is 14.9 Å². The number of hydrogen-bond donors (Lipinski definition) is 1. The third-order valence-electron chi connectivity index (χ3n) is 4.24. The number of nitrogens with one attached hydrogen (secondary N) is 1. The molecule has 30 heavy (non-hydrogen) atoms. The molecule has 10 heteroatoms. The smallest absolute Gasteiger partial charge is 0.283 e. The fourth-order valence-corrected chi connectivity index (χ4v) is 3.63. The van der Waals surface area contributed by atoms with Gasteiger partial charge in [-0.2, -0.15) is 15.1 Å². The number of fused-ring (bicyclic) bond motifs is 1. The van der Waals surface area contributed by atoms with Crippen molar-refractivity contribution in [3.63, 3.8) is 0 Å². The van der Waals surface area contributed by atoms with E-state index in [1.165, 1.54) is 29.3 Å². The Bertz CT molecular complexity index is 1170. The quantitative estimate of drug-likeness (QED) is 0.447. The van der Waals surface area contributed by atoms with Crippen LogP contribution in [0.5, 0.6) is 5.75 Å². The molecule has 2 aromatic carbocycles. The summed E-state index contributed by atoms with van der Waals surface area (Å²) in [5, 5.41) is 25.8. The van der Waals surface area contributed by atoms with Crippen LogP contribution in [0.25, 0.3) is 6.08 Å². The van der Waals surface area contributed by atoms with Crippen LogP contribution in [0.3, 0.4) is 0 Å². The third-order valence-corrected chi connectivity index (χ3v) is 5.12. The lowest BCUT2D eigenvalue weighted by Gasteiger charge is -2.20. The highest BCUT2D eigenvalue weighted by molar-refractivity contribution is 8.27. The first-order valence-corrected chi connectivity index (χ1v) is 9.65. The van der Waals surface area contributed by atoms with E-state index in [1.807, 2.05) is 31.2 Å². The zero-order valence-electron chi connectivity index (χ0n) is 15.7. The predicted molar refractivity (Wildman–Crippen MR) is 115 cm³/mol. The van der Waals surface area contributed by atoms with Gasteiger partial charge in [-0.15, -0.1) is 0 Å². The number of thioether (sulfide) groups is 1. The first-order valence-electron chi connectivity index (χ1n) is 8.84. The van der Waals surface area contributed by atoms with Gasteiger partial charge in [-0.1, -0.05) is 24.3 Å². The van der Waals surface area contributed by atoms with Gasteiger partial charge in [-0.25, -0.2) is 0 Å². The highest BCUT2D eigenvalue weighted by Crippen LogP contribution is 2.29. The number of amidine groups is 2. The van der Waals surface area contributed by atoms with Crippen molar-refractivity contribution < 1.29 is 14.5 Å². The van der Waals surface area contributed by atoms with Crippen LogP contribution >= 0.6 is 11.8 Å². The Morgan fingerprint density at radius 2 is 2.07 bits per heavy atom. The average Bonchev–Trinajstić information content (AvgIpc) is 3.13. The lowest BCUT2D eigenvalue weighted by atomic mass is 10.1. The van der Waals surface area contributed by atoms with Gasteiger partial charge in [0.1, 0.15) is 17.4 Å². The van der Waals surface area contributed by atoms with Crippen molar-refractivity contribution in [3.05, 3.63) is 75.3 Å². The molecule has 2 aromatic rings. The summed E-state index contributed by atoms with van der Waals surface area (Å²) in [7, 11) is 0. The van der Waals surface area contributed by atoms with E-state index in [2.05, 4.69) is 10.1 Å². The normalized spacial score (nSPS) is 17.0. The average molecular weight is 421 g/mol. The van der Waals surface area contributed by atoms with Crippen molar-refractivity contribution in [2.75, 3.05) is 6.61 Å². The highest BCUT2D eigenvalue weighted by Gasteiger charge is 2.35. The number of nitro benzene ring substituents is 1. The number of hydrazone groups is 1. The van der Waals surface area contributed by atoms with Gasteiger partial charge in [-0.3, -0.25) is 20.3 Å². The minimum absolute atomic E-state index is 0.00412. The van der Waals surface area contributed by atoms with Crippen LogP contribution in [-0.2, 0) is 4.79 Å². The highest BCUT2D eigenvalue weighted by atomic mass is 32.2. The van der Waals surface area contributed by atoms with Gasteiger partial charge < -0.3 is 4.74 Å². The van der Waals surface area contributed by atoms with Crippen molar-refractivity contribution in [2.45, 2.75) is 6.92 Å². The summed E-state index contributed by atoms with van der Waals surface area (Å²) in [5.74, 6) is -0.0432. The summed E-state index contributed by atoms with van der Waals surface area (Å²) in [6.45, 7) is 2.14. The fraction of sp³-hybridized carbons (Fsp3) is 0.100. The van der Waals surface area contributed by atoms with Crippen LogP contribution in [0.15, 0.2) is 64.2 Å². The fourth-order valence-electron chi connectivity index (χ4n) is 2.84. The largest absolute Gasteiger partial charge is 0.487 e. The number of carbonyl (C=O) groups excluding carboxylic acids is 1.